The number of nitrogens with zero attached hydrogens (tertiary/aromatic N) is 2. The van der Waals surface area contributed by atoms with Gasteiger partial charge in [0, 0.05) is 6.42 Å². The number of rotatable bonds is 3. The van der Waals surface area contributed by atoms with Crippen LogP contribution in [0, 0.1) is 12.7 Å². The number of Topliss-reactive ketones (excluding diaryl/α,β-unsaturated/α-hetero) is 1. The van der Waals surface area contributed by atoms with Gasteiger partial charge in [0.05, 0.1) is 11.4 Å². The molecule has 0 aliphatic heterocycles. The van der Waals surface area contributed by atoms with E-state index in [0.29, 0.717) is 24.2 Å². The van der Waals surface area contributed by atoms with E-state index in [4.69, 9.17) is 16.3 Å². The van der Waals surface area contributed by atoms with Gasteiger partial charge in [0.2, 0.25) is 0 Å². The van der Waals surface area contributed by atoms with Crippen LogP contribution in [-0.2, 0) is 9.53 Å². The quantitative estimate of drug-likeness (QED) is 0.793. The number of ether oxygens (including phenoxy) is 1. The van der Waals surface area contributed by atoms with Crippen molar-refractivity contribution in [1.29, 1.82) is 0 Å². The van der Waals surface area contributed by atoms with Crippen LogP contribution in [-0.4, -0.2) is 27.6 Å². The summed E-state index contributed by atoms with van der Waals surface area (Å²) in [5.41, 5.74) is 1.04. The van der Waals surface area contributed by atoms with Crippen molar-refractivity contribution < 1.29 is 18.7 Å². The lowest BCUT2D eigenvalue weighted by Crippen LogP contribution is -2.30. The highest BCUT2D eigenvalue weighted by Crippen LogP contribution is 2.26. The summed E-state index contributed by atoms with van der Waals surface area (Å²) >= 11 is 6.27. The Morgan fingerprint density at radius 3 is 2.71 bits per heavy atom. The fourth-order valence-corrected chi connectivity index (χ4v) is 3.10. The molecule has 0 saturated heterocycles. The molecular weight excluding hydrogens is 335 g/mol. The maximum atomic E-state index is 13.0. The molecular formula is C17H16ClFN2O3. The molecule has 0 bridgehead atoms. The number of aryl methyl sites for hydroxylation is 1. The molecule has 1 fully saturated rings. The van der Waals surface area contributed by atoms with Crippen LogP contribution in [0.1, 0.15) is 41.7 Å². The number of aromatic nitrogens is 2. The van der Waals surface area contributed by atoms with Crippen LogP contribution in [0.25, 0.3) is 5.69 Å². The monoisotopic (exact) mass is 350 g/mol. The van der Waals surface area contributed by atoms with Gasteiger partial charge in [-0.1, -0.05) is 11.6 Å². The van der Waals surface area contributed by atoms with Gasteiger partial charge in [-0.3, -0.25) is 4.79 Å². The number of ketones is 1. The first-order chi connectivity index (χ1) is 11.5. The maximum Gasteiger partial charge on any atom is 0.343 e. The highest BCUT2D eigenvalue weighted by atomic mass is 35.5. The van der Waals surface area contributed by atoms with E-state index in [2.05, 4.69) is 5.10 Å². The Morgan fingerprint density at radius 2 is 2.04 bits per heavy atom. The van der Waals surface area contributed by atoms with Crippen LogP contribution >= 0.6 is 11.6 Å². The predicted octanol–water partition coefficient (Wildman–Crippen LogP) is 3.64. The minimum Gasteiger partial charge on any atom is -0.451 e. The predicted molar refractivity (Wildman–Crippen MR) is 85.9 cm³/mol. The van der Waals surface area contributed by atoms with Crippen molar-refractivity contribution >= 4 is 23.4 Å². The molecule has 1 heterocycles. The molecule has 1 aliphatic carbocycles. The normalized spacial score (nSPS) is 17.8. The van der Waals surface area contributed by atoms with E-state index >= 15 is 0 Å². The van der Waals surface area contributed by atoms with E-state index in [-0.39, 0.29) is 22.3 Å². The lowest BCUT2D eigenvalue weighted by Gasteiger charge is -2.20. The second-order valence-corrected chi connectivity index (χ2v) is 6.10. The minimum absolute atomic E-state index is 0.0608. The average molecular weight is 351 g/mol. The van der Waals surface area contributed by atoms with Gasteiger partial charge in [-0.05, 0) is 50.5 Å². The Morgan fingerprint density at radius 1 is 1.33 bits per heavy atom. The van der Waals surface area contributed by atoms with E-state index in [1.165, 1.54) is 28.9 Å². The van der Waals surface area contributed by atoms with Crippen LogP contribution in [0.15, 0.2) is 24.3 Å². The van der Waals surface area contributed by atoms with Crippen molar-refractivity contribution in [3.05, 3.63) is 46.5 Å². The summed E-state index contributed by atoms with van der Waals surface area (Å²) in [5, 5.41) is 4.30. The van der Waals surface area contributed by atoms with E-state index in [1.54, 1.807) is 6.92 Å². The van der Waals surface area contributed by atoms with Crippen molar-refractivity contribution in [2.75, 3.05) is 0 Å². The Hall–Kier alpha value is -2.21. The molecule has 0 unspecified atom stereocenters. The third-order valence-corrected chi connectivity index (χ3v) is 4.38. The molecule has 5 nitrogen and oxygen atoms in total. The first kappa shape index (κ1) is 16.6. The third kappa shape index (κ3) is 3.19. The molecule has 0 amide bonds. The second kappa shape index (κ2) is 6.73. The Kier molecular flexibility index (Phi) is 4.66. The lowest BCUT2D eigenvalue weighted by atomic mass is 9.96. The molecule has 1 aliphatic rings. The fourth-order valence-electron chi connectivity index (χ4n) is 2.75. The van der Waals surface area contributed by atoms with Gasteiger partial charge >= 0.3 is 5.97 Å². The number of hydrogen-bond acceptors (Lipinski definition) is 4. The molecule has 0 N–H and O–H groups in total. The summed E-state index contributed by atoms with van der Waals surface area (Å²) in [6.07, 6.45) is 1.93. The number of hydrogen-bond donors (Lipinski definition) is 0. The van der Waals surface area contributed by atoms with Gasteiger partial charge in [-0.15, -0.1) is 0 Å². The zero-order valence-corrected chi connectivity index (χ0v) is 13.8. The van der Waals surface area contributed by atoms with Gasteiger partial charge in [-0.2, -0.15) is 5.10 Å². The molecule has 1 saturated carbocycles. The summed E-state index contributed by atoms with van der Waals surface area (Å²) in [7, 11) is 0. The van der Waals surface area contributed by atoms with Crippen molar-refractivity contribution in [3.8, 4) is 5.69 Å². The van der Waals surface area contributed by atoms with Gasteiger partial charge in [0.1, 0.15) is 16.5 Å². The van der Waals surface area contributed by atoms with Crippen LogP contribution < -0.4 is 0 Å². The van der Waals surface area contributed by atoms with E-state index in [9.17, 15) is 14.0 Å². The maximum absolute atomic E-state index is 13.0. The summed E-state index contributed by atoms with van der Waals surface area (Å²) in [6.45, 7) is 1.63. The van der Waals surface area contributed by atoms with Gasteiger partial charge in [-0.25, -0.2) is 13.9 Å². The lowest BCUT2D eigenvalue weighted by molar-refractivity contribution is -0.129. The minimum atomic E-state index is -0.712. The fraction of sp³-hybridized carbons (Fsp3) is 0.353. The highest BCUT2D eigenvalue weighted by molar-refractivity contribution is 6.33. The molecule has 1 atom stereocenters. The standard InChI is InChI=1S/C17H16ClFN2O3/c1-10-15(17(23)24-14-5-3-2-4-13(14)22)16(18)21(20-10)12-8-6-11(19)7-9-12/h6-9,14H,2-5H2,1H3/t14-/m0/s1. The zero-order chi connectivity index (χ0) is 17.3. The third-order valence-electron chi connectivity index (χ3n) is 4.03. The summed E-state index contributed by atoms with van der Waals surface area (Å²) < 4.78 is 19.7. The highest BCUT2D eigenvalue weighted by Gasteiger charge is 2.29. The average Bonchev–Trinajstić information content (AvgIpc) is 2.85. The van der Waals surface area contributed by atoms with Crippen LogP contribution in [0.4, 0.5) is 4.39 Å². The molecule has 2 aromatic rings. The van der Waals surface area contributed by atoms with Crippen molar-refractivity contribution in [3.63, 3.8) is 0 Å². The molecule has 24 heavy (non-hydrogen) atoms. The largest absolute Gasteiger partial charge is 0.451 e. The van der Waals surface area contributed by atoms with E-state index in [0.717, 1.165) is 12.8 Å². The van der Waals surface area contributed by atoms with Gasteiger partial charge in [0.15, 0.2) is 11.9 Å². The topological polar surface area (TPSA) is 61.2 Å². The second-order valence-electron chi connectivity index (χ2n) is 5.75. The summed E-state index contributed by atoms with van der Waals surface area (Å²) in [5.74, 6) is -1.10. The van der Waals surface area contributed by atoms with Crippen LogP contribution in [0.3, 0.4) is 0 Å². The molecule has 7 heteroatoms. The van der Waals surface area contributed by atoms with Crippen LogP contribution in [0.2, 0.25) is 5.15 Å². The Balaban J connectivity index is 1.87. The number of carbonyl (C=O) groups is 2. The first-order valence-corrected chi connectivity index (χ1v) is 8.10. The Bertz CT molecular complexity index is 786. The van der Waals surface area contributed by atoms with Crippen molar-refractivity contribution in [1.82, 2.24) is 9.78 Å². The van der Waals surface area contributed by atoms with Crippen molar-refractivity contribution in [2.24, 2.45) is 0 Å². The Labute approximate surface area is 143 Å². The van der Waals surface area contributed by atoms with Gasteiger partial charge in [0.25, 0.3) is 0 Å². The van der Waals surface area contributed by atoms with Crippen LogP contribution in [0.5, 0.6) is 0 Å². The number of halogens is 2. The molecule has 126 valence electrons. The molecule has 0 spiro atoms. The summed E-state index contributed by atoms with van der Waals surface area (Å²) in [4.78, 5) is 24.2. The first-order valence-electron chi connectivity index (χ1n) is 7.72. The van der Waals surface area contributed by atoms with E-state index in [1.807, 2.05) is 0 Å². The zero-order valence-electron chi connectivity index (χ0n) is 13.1. The van der Waals surface area contributed by atoms with E-state index < -0.39 is 12.1 Å². The van der Waals surface area contributed by atoms with Crippen molar-refractivity contribution in [2.45, 2.75) is 38.7 Å². The van der Waals surface area contributed by atoms with Gasteiger partial charge < -0.3 is 4.74 Å². The smallest absolute Gasteiger partial charge is 0.343 e. The number of carbonyl (C=O) groups excluding carboxylic acids is 2. The molecule has 1 aromatic carbocycles. The molecule has 3 rings (SSSR count). The SMILES string of the molecule is Cc1nn(-c2ccc(F)cc2)c(Cl)c1C(=O)O[C@H]1CCCCC1=O. The number of esters is 1. The summed E-state index contributed by atoms with van der Waals surface area (Å²) in [6, 6.07) is 5.57. The molecule has 1 aromatic heterocycles. The number of benzene rings is 1. The molecule has 0 radical (unpaired) electrons.